The number of ether oxygens (including phenoxy) is 1. The molecule has 0 spiro atoms. The maximum absolute atomic E-state index is 13.5. The van der Waals surface area contributed by atoms with Gasteiger partial charge in [-0.05, 0) is 48.9 Å². The standard InChI is InChI=1S/C27H27N5O3/c1-2-35-22-12-10-21(11-13-22)26(33)31-17-15-30(16-18-31)25-27(34)32(19-20-7-4-3-5-8-20)24-23(29-25)9-6-14-28-24/h3-14H,2,15-19H2,1H3. The zero-order valence-corrected chi connectivity index (χ0v) is 19.6. The van der Waals surface area contributed by atoms with E-state index in [4.69, 9.17) is 4.74 Å². The molecule has 1 aliphatic rings. The number of hydrogen-bond donors (Lipinski definition) is 0. The van der Waals surface area contributed by atoms with Crippen molar-refractivity contribution in [1.82, 2.24) is 19.4 Å². The first-order chi connectivity index (χ1) is 17.1. The molecule has 0 saturated carbocycles. The quantitative estimate of drug-likeness (QED) is 0.432. The van der Waals surface area contributed by atoms with Crippen molar-refractivity contribution >= 4 is 22.9 Å². The van der Waals surface area contributed by atoms with Crippen molar-refractivity contribution in [2.75, 3.05) is 37.7 Å². The van der Waals surface area contributed by atoms with E-state index in [0.717, 1.165) is 11.3 Å². The van der Waals surface area contributed by atoms with Crippen LogP contribution >= 0.6 is 0 Å². The molecule has 0 unspecified atom stereocenters. The van der Waals surface area contributed by atoms with Gasteiger partial charge in [0.1, 0.15) is 11.3 Å². The van der Waals surface area contributed by atoms with Crippen LogP contribution in [0.1, 0.15) is 22.8 Å². The Morgan fingerprint density at radius 3 is 2.40 bits per heavy atom. The SMILES string of the molecule is CCOc1ccc(C(=O)N2CCN(c3nc4cccnc4n(Cc4ccccc4)c3=O)CC2)cc1. The van der Waals surface area contributed by atoms with Gasteiger partial charge in [-0.15, -0.1) is 0 Å². The predicted molar refractivity (Wildman–Crippen MR) is 135 cm³/mol. The highest BCUT2D eigenvalue weighted by molar-refractivity contribution is 5.94. The summed E-state index contributed by atoms with van der Waals surface area (Å²) in [5, 5.41) is 0. The summed E-state index contributed by atoms with van der Waals surface area (Å²) < 4.78 is 7.15. The van der Waals surface area contributed by atoms with Gasteiger partial charge in [0.25, 0.3) is 11.5 Å². The zero-order valence-electron chi connectivity index (χ0n) is 19.6. The van der Waals surface area contributed by atoms with E-state index in [1.54, 1.807) is 22.9 Å². The number of pyridine rings is 1. The molecule has 1 saturated heterocycles. The summed E-state index contributed by atoms with van der Waals surface area (Å²) in [4.78, 5) is 39.4. The first-order valence-electron chi connectivity index (χ1n) is 11.8. The third-order valence-electron chi connectivity index (χ3n) is 6.15. The second kappa shape index (κ2) is 9.97. The lowest BCUT2D eigenvalue weighted by Crippen LogP contribution is -2.50. The molecule has 0 N–H and O–H groups in total. The summed E-state index contributed by atoms with van der Waals surface area (Å²) in [6.07, 6.45) is 1.68. The van der Waals surface area contributed by atoms with E-state index in [1.165, 1.54) is 0 Å². The summed E-state index contributed by atoms with van der Waals surface area (Å²) in [6, 6.07) is 20.8. The molecule has 0 aliphatic carbocycles. The molecule has 8 nitrogen and oxygen atoms in total. The highest BCUT2D eigenvalue weighted by Crippen LogP contribution is 2.18. The Labute approximate surface area is 203 Å². The normalized spacial score (nSPS) is 13.7. The fraction of sp³-hybridized carbons (Fsp3) is 0.259. The number of carbonyl (C=O) groups is 1. The molecule has 2 aromatic heterocycles. The molecule has 4 aromatic rings. The minimum absolute atomic E-state index is 0.0233. The number of nitrogens with zero attached hydrogens (tertiary/aromatic N) is 5. The Morgan fingerprint density at radius 2 is 1.69 bits per heavy atom. The Kier molecular flexibility index (Phi) is 6.43. The molecule has 1 fully saturated rings. The second-order valence-corrected chi connectivity index (χ2v) is 8.40. The molecule has 1 aliphatic heterocycles. The molecule has 2 aromatic carbocycles. The van der Waals surface area contributed by atoms with Gasteiger partial charge >= 0.3 is 0 Å². The number of hydrogen-bond acceptors (Lipinski definition) is 6. The van der Waals surface area contributed by atoms with E-state index in [-0.39, 0.29) is 11.5 Å². The third-order valence-corrected chi connectivity index (χ3v) is 6.15. The van der Waals surface area contributed by atoms with Crippen molar-refractivity contribution in [3.05, 3.63) is 94.4 Å². The van der Waals surface area contributed by atoms with E-state index >= 15 is 0 Å². The van der Waals surface area contributed by atoms with E-state index in [0.29, 0.717) is 61.9 Å². The minimum Gasteiger partial charge on any atom is -0.494 e. The Hall–Kier alpha value is -4.20. The molecule has 1 amide bonds. The number of rotatable bonds is 6. The van der Waals surface area contributed by atoms with Crippen molar-refractivity contribution in [2.24, 2.45) is 0 Å². The second-order valence-electron chi connectivity index (χ2n) is 8.40. The maximum Gasteiger partial charge on any atom is 0.295 e. The van der Waals surface area contributed by atoms with Crippen LogP contribution in [0.5, 0.6) is 5.75 Å². The minimum atomic E-state index is -0.175. The third kappa shape index (κ3) is 4.73. The van der Waals surface area contributed by atoms with Crippen LogP contribution in [-0.2, 0) is 6.54 Å². The smallest absolute Gasteiger partial charge is 0.295 e. The zero-order chi connectivity index (χ0) is 24.2. The highest BCUT2D eigenvalue weighted by Gasteiger charge is 2.25. The number of piperazine rings is 1. The van der Waals surface area contributed by atoms with E-state index in [9.17, 15) is 9.59 Å². The molecule has 35 heavy (non-hydrogen) atoms. The lowest BCUT2D eigenvalue weighted by atomic mass is 10.1. The molecule has 8 heteroatoms. The fourth-order valence-corrected chi connectivity index (χ4v) is 4.35. The first kappa shape index (κ1) is 22.6. The number of amides is 1. The average molecular weight is 470 g/mol. The van der Waals surface area contributed by atoms with Gasteiger partial charge in [-0.25, -0.2) is 9.97 Å². The van der Waals surface area contributed by atoms with Gasteiger partial charge in [-0.3, -0.25) is 14.2 Å². The van der Waals surface area contributed by atoms with E-state index in [2.05, 4.69) is 9.97 Å². The largest absolute Gasteiger partial charge is 0.494 e. The van der Waals surface area contributed by atoms with Crippen LogP contribution in [0.25, 0.3) is 11.2 Å². The van der Waals surface area contributed by atoms with Gasteiger partial charge in [0.2, 0.25) is 0 Å². The average Bonchev–Trinajstić information content (AvgIpc) is 2.91. The van der Waals surface area contributed by atoms with Gasteiger partial charge in [0.15, 0.2) is 11.5 Å². The maximum atomic E-state index is 13.5. The molecule has 3 heterocycles. The first-order valence-corrected chi connectivity index (χ1v) is 11.8. The van der Waals surface area contributed by atoms with Crippen molar-refractivity contribution in [3.8, 4) is 5.75 Å². The lowest BCUT2D eigenvalue weighted by molar-refractivity contribution is 0.0746. The summed E-state index contributed by atoms with van der Waals surface area (Å²) in [6.45, 7) is 5.01. The van der Waals surface area contributed by atoms with Gasteiger partial charge < -0.3 is 14.5 Å². The molecule has 5 rings (SSSR count). The van der Waals surface area contributed by atoms with Crippen molar-refractivity contribution in [2.45, 2.75) is 13.5 Å². The monoisotopic (exact) mass is 469 g/mol. The van der Waals surface area contributed by atoms with Crippen molar-refractivity contribution in [1.29, 1.82) is 0 Å². The van der Waals surface area contributed by atoms with Crippen LogP contribution in [0.4, 0.5) is 5.82 Å². The number of anilines is 1. The molecular weight excluding hydrogens is 442 g/mol. The van der Waals surface area contributed by atoms with Crippen molar-refractivity contribution < 1.29 is 9.53 Å². The topological polar surface area (TPSA) is 80.6 Å². The molecule has 0 atom stereocenters. The van der Waals surface area contributed by atoms with Crippen molar-refractivity contribution in [3.63, 3.8) is 0 Å². The van der Waals surface area contributed by atoms with E-state index < -0.39 is 0 Å². The summed E-state index contributed by atoms with van der Waals surface area (Å²) in [7, 11) is 0. The summed E-state index contributed by atoms with van der Waals surface area (Å²) in [5.41, 5.74) is 2.71. The van der Waals surface area contributed by atoms with Crippen LogP contribution in [-0.4, -0.2) is 58.1 Å². The van der Waals surface area contributed by atoms with Crippen LogP contribution in [0.3, 0.4) is 0 Å². The molecular formula is C27H27N5O3. The van der Waals surface area contributed by atoms with Crippen LogP contribution in [0.15, 0.2) is 77.7 Å². The molecule has 0 bridgehead atoms. The number of fused-ring (bicyclic) bond motifs is 1. The molecule has 178 valence electrons. The summed E-state index contributed by atoms with van der Waals surface area (Å²) in [5.74, 6) is 1.12. The van der Waals surface area contributed by atoms with Gasteiger partial charge in [-0.2, -0.15) is 0 Å². The Morgan fingerprint density at radius 1 is 0.943 bits per heavy atom. The van der Waals surface area contributed by atoms with Crippen LogP contribution < -0.4 is 15.2 Å². The Balaban J connectivity index is 1.36. The molecule has 0 radical (unpaired) electrons. The number of benzene rings is 2. The van der Waals surface area contributed by atoms with Gasteiger partial charge in [0, 0.05) is 37.9 Å². The van der Waals surface area contributed by atoms with Crippen LogP contribution in [0, 0.1) is 0 Å². The predicted octanol–water partition coefficient (Wildman–Crippen LogP) is 3.20. The number of aromatic nitrogens is 3. The van der Waals surface area contributed by atoms with Crippen LogP contribution in [0.2, 0.25) is 0 Å². The van der Waals surface area contributed by atoms with Gasteiger partial charge in [0.05, 0.1) is 13.2 Å². The number of carbonyl (C=O) groups excluding carboxylic acids is 1. The highest BCUT2D eigenvalue weighted by atomic mass is 16.5. The van der Waals surface area contributed by atoms with E-state index in [1.807, 2.05) is 71.3 Å². The summed E-state index contributed by atoms with van der Waals surface area (Å²) >= 11 is 0. The fourth-order valence-electron chi connectivity index (χ4n) is 4.35. The van der Waals surface area contributed by atoms with Gasteiger partial charge in [-0.1, -0.05) is 30.3 Å². The Bertz CT molecular complexity index is 1380. The lowest BCUT2D eigenvalue weighted by Gasteiger charge is -2.35.